The van der Waals surface area contributed by atoms with Gasteiger partial charge >= 0.3 is 33.9 Å². The predicted molar refractivity (Wildman–Crippen MR) is 77.2 cm³/mol. The zero-order chi connectivity index (χ0) is 18.4. The molecule has 126 valence electrons. The average molecular weight is 370 g/mol. The number of Topliss-reactive ketones (excluding diaryl/α,β-unsaturated/α-hetero) is 1. The molecule has 1 aromatic rings. The number of rotatable bonds is 2. The van der Waals surface area contributed by atoms with E-state index < -0.39 is 0 Å². The van der Waals surface area contributed by atoms with E-state index in [0.29, 0.717) is 12.0 Å². The van der Waals surface area contributed by atoms with E-state index in [1.165, 1.54) is 19.1 Å². The number of phenolic OH excluding ortho intramolecular Hbond substituents is 2. The number of phenols is 2. The summed E-state index contributed by atoms with van der Waals surface area (Å²) in [6, 6.07) is 2.90. The molecule has 24 heavy (non-hydrogen) atoms. The topological polar surface area (TPSA) is 117 Å². The van der Waals surface area contributed by atoms with E-state index >= 15 is 0 Å². The van der Waals surface area contributed by atoms with Crippen LogP contribution >= 0.6 is 0 Å². The molecular weight excluding hydrogens is 356 g/mol. The molecule has 0 amide bonds. The first-order chi connectivity index (χ1) is 11.1. The van der Waals surface area contributed by atoms with Crippen molar-refractivity contribution in [2.45, 2.75) is 19.3 Å². The second-order valence-corrected chi connectivity index (χ2v) is 4.11. The number of hydrogen-bond acceptors (Lipinski definition) is 3. The van der Waals surface area contributed by atoms with E-state index in [1.54, 1.807) is 0 Å². The summed E-state index contributed by atoms with van der Waals surface area (Å²) in [5.41, 5.74) is 0.680. The van der Waals surface area contributed by atoms with Crippen LogP contribution in [0.1, 0.15) is 35.2 Å². The van der Waals surface area contributed by atoms with Gasteiger partial charge in [-0.3, -0.25) is 4.79 Å². The van der Waals surface area contributed by atoms with Gasteiger partial charge in [0.25, 0.3) is 0 Å². The van der Waals surface area contributed by atoms with Gasteiger partial charge in [-0.15, -0.1) is 0 Å². The molecule has 1 aliphatic carbocycles. The first kappa shape index (κ1) is 26.6. The standard InChI is InChI=1S/C14H14O3.3CO.Fe/c1-9(15)11-7-8-12(16)13(14(11)17)10-5-3-2-4-6-10;3*1-2;/h2-5,7-8,10,16-17H,6H2,1H3;;;;. The van der Waals surface area contributed by atoms with Gasteiger partial charge in [-0.1, -0.05) is 24.3 Å². The zero-order valence-electron chi connectivity index (χ0n) is 12.6. The van der Waals surface area contributed by atoms with Gasteiger partial charge in [0.2, 0.25) is 0 Å². The third kappa shape index (κ3) is 7.32. The Labute approximate surface area is 150 Å². The summed E-state index contributed by atoms with van der Waals surface area (Å²) in [6.07, 6.45) is 8.36. The Morgan fingerprint density at radius 1 is 1.08 bits per heavy atom. The molecule has 0 radical (unpaired) electrons. The number of hydrogen-bond donors (Lipinski definition) is 2. The van der Waals surface area contributed by atoms with Crippen molar-refractivity contribution in [3.8, 4) is 11.5 Å². The summed E-state index contributed by atoms with van der Waals surface area (Å²) >= 11 is 0. The van der Waals surface area contributed by atoms with Crippen LogP contribution in [0.15, 0.2) is 36.4 Å². The zero-order valence-corrected chi connectivity index (χ0v) is 13.7. The van der Waals surface area contributed by atoms with E-state index in [-0.39, 0.29) is 45.8 Å². The number of ketones is 1. The Balaban J connectivity index is -0.000000569. The quantitative estimate of drug-likeness (QED) is 0.361. The second-order valence-electron chi connectivity index (χ2n) is 4.11. The van der Waals surface area contributed by atoms with E-state index in [0.717, 1.165) is 0 Å². The van der Waals surface area contributed by atoms with Crippen molar-refractivity contribution in [3.05, 3.63) is 67.5 Å². The number of carbonyl (C=O) groups excluding carboxylic acids is 1. The molecule has 0 heterocycles. The molecule has 1 aliphatic rings. The smallest absolute Gasteiger partial charge is 0 e. The van der Waals surface area contributed by atoms with Crippen LogP contribution in [0.4, 0.5) is 0 Å². The van der Waals surface area contributed by atoms with Gasteiger partial charge in [0.1, 0.15) is 11.5 Å². The molecule has 0 bridgehead atoms. The molecule has 0 saturated carbocycles. The third-order valence-corrected chi connectivity index (χ3v) is 2.92. The molecule has 2 rings (SSSR count). The van der Waals surface area contributed by atoms with Crippen LogP contribution in [0.3, 0.4) is 0 Å². The second kappa shape index (κ2) is 15.6. The summed E-state index contributed by atoms with van der Waals surface area (Å²) in [4.78, 5) is 11.3. The fourth-order valence-corrected chi connectivity index (χ4v) is 2.04. The van der Waals surface area contributed by atoms with Gasteiger partial charge in [-0.2, -0.15) is 0 Å². The Hall–Kier alpha value is -2.29. The van der Waals surface area contributed by atoms with E-state index in [9.17, 15) is 15.0 Å². The number of carbonyl (C=O) groups is 1. The minimum Gasteiger partial charge on any atom is 0 e. The molecule has 0 saturated heterocycles. The van der Waals surface area contributed by atoms with Crippen LogP contribution in [0.25, 0.3) is 0 Å². The fraction of sp³-hybridized carbons (Fsp3) is 0.176. The molecule has 1 atom stereocenters. The van der Waals surface area contributed by atoms with Crippen molar-refractivity contribution >= 4 is 5.78 Å². The molecule has 0 aliphatic heterocycles. The number of aromatic hydroxyl groups is 2. The van der Waals surface area contributed by atoms with Crippen LogP contribution in [0.5, 0.6) is 11.5 Å². The van der Waals surface area contributed by atoms with Crippen LogP contribution in [-0.4, -0.2) is 16.0 Å². The summed E-state index contributed by atoms with van der Waals surface area (Å²) < 4.78 is 22.5. The maximum atomic E-state index is 11.3. The maximum absolute atomic E-state index is 11.3. The largest absolute Gasteiger partial charge is 0 e. The van der Waals surface area contributed by atoms with E-state index in [2.05, 4.69) is 20.0 Å². The van der Waals surface area contributed by atoms with Crippen molar-refractivity contribution < 1.29 is 46.0 Å². The summed E-state index contributed by atoms with van der Waals surface area (Å²) in [5.74, 6) is -0.377. The molecule has 6 nitrogen and oxygen atoms in total. The van der Waals surface area contributed by atoms with Crippen molar-refractivity contribution in [2.24, 2.45) is 0 Å². The fourth-order valence-electron chi connectivity index (χ4n) is 2.04. The molecule has 0 fully saturated rings. The summed E-state index contributed by atoms with van der Waals surface area (Å²) in [6.45, 7) is 14.9. The van der Waals surface area contributed by atoms with Gasteiger partial charge in [-0.05, 0) is 25.5 Å². The molecule has 1 aromatic carbocycles. The third-order valence-electron chi connectivity index (χ3n) is 2.92. The van der Waals surface area contributed by atoms with Gasteiger partial charge in [0, 0.05) is 28.6 Å². The minimum absolute atomic E-state index is 0. The summed E-state index contributed by atoms with van der Waals surface area (Å²) in [7, 11) is 0. The van der Waals surface area contributed by atoms with E-state index in [4.69, 9.17) is 14.0 Å². The van der Waals surface area contributed by atoms with Gasteiger partial charge in [0.05, 0.1) is 5.56 Å². The van der Waals surface area contributed by atoms with Gasteiger partial charge < -0.3 is 10.2 Å². The van der Waals surface area contributed by atoms with Crippen molar-refractivity contribution in [2.75, 3.05) is 0 Å². The molecule has 0 spiro atoms. The van der Waals surface area contributed by atoms with Crippen molar-refractivity contribution in [3.63, 3.8) is 0 Å². The first-order valence-corrected chi connectivity index (χ1v) is 6.11. The van der Waals surface area contributed by atoms with Crippen molar-refractivity contribution in [1.82, 2.24) is 0 Å². The Morgan fingerprint density at radius 2 is 1.62 bits per heavy atom. The van der Waals surface area contributed by atoms with Gasteiger partial charge in [0.15, 0.2) is 5.78 Å². The minimum atomic E-state index is -0.209. The van der Waals surface area contributed by atoms with Gasteiger partial charge in [-0.25, -0.2) is 0 Å². The van der Waals surface area contributed by atoms with Crippen LogP contribution in [-0.2, 0) is 31.0 Å². The first-order valence-electron chi connectivity index (χ1n) is 6.11. The normalized spacial score (nSPS) is 13.2. The Kier molecular flexibility index (Phi) is 17.3. The molecule has 1 unspecified atom stereocenters. The average Bonchev–Trinajstić information content (AvgIpc) is 2.61. The maximum Gasteiger partial charge on any atom is 0 e. The monoisotopic (exact) mass is 370 g/mol. The molecule has 2 N–H and O–H groups in total. The SMILES string of the molecule is CC(=O)c1ccc(O)c(C2C=CC=CC2)c1O.[C-]#[O+].[C-]#[O+].[C-]#[O+].[Fe]. The van der Waals surface area contributed by atoms with Crippen molar-refractivity contribution in [1.29, 1.82) is 0 Å². The Bertz CT molecular complexity index is 626. The number of allylic oxidation sites excluding steroid dienone is 4. The summed E-state index contributed by atoms with van der Waals surface area (Å²) in [5, 5.41) is 19.9. The number of benzene rings is 1. The van der Waals surface area contributed by atoms with E-state index in [1.807, 2.05) is 24.3 Å². The predicted octanol–water partition coefficient (Wildman–Crippen LogP) is 2.79. The Morgan fingerprint density at radius 3 is 2.04 bits per heavy atom. The molecular formula is C17H14FeO6. The molecule has 0 aromatic heterocycles. The van der Waals surface area contributed by atoms with Crippen LogP contribution in [0.2, 0.25) is 0 Å². The van der Waals surface area contributed by atoms with Crippen LogP contribution < -0.4 is 0 Å². The van der Waals surface area contributed by atoms with Crippen LogP contribution in [0, 0.1) is 20.0 Å². The molecule has 7 heteroatoms.